The van der Waals surface area contributed by atoms with Gasteiger partial charge in [0.1, 0.15) is 6.04 Å². The smallest absolute Gasteiger partial charge is 0.247 e. The molecule has 8 heteroatoms. The molecule has 0 aliphatic carbocycles. The molecule has 3 amide bonds. The molecule has 3 aliphatic rings. The maximum atomic E-state index is 14.6. The van der Waals surface area contributed by atoms with Crippen molar-refractivity contribution >= 4 is 29.5 Å². The van der Waals surface area contributed by atoms with Gasteiger partial charge in [-0.2, -0.15) is 0 Å². The first-order valence-corrected chi connectivity index (χ1v) is 15.1. The second-order valence-corrected chi connectivity index (χ2v) is 12.7. The summed E-state index contributed by atoms with van der Waals surface area (Å²) in [5.74, 6) is -1.45. The number of aliphatic hydroxyl groups excluding tert-OH is 1. The summed E-state index contributed by atoms with van der Waals surface area (Å²) in [4.78, 5) is 48.0. The number of hydrogen-bond acceptors (Lipinski definition) is 5. The molecule has 0 aromatic heterocycles. The number of nitrogens with zero attached hydrogens (tertiary/aromatic N) is 3. The van der Waals surface area contributed by atoms with Gasteiger partial charge in [-0.25, -0.2) is 0 Å². The Hall–Kier alpha value is -2.58. The van der Waals surface area contributed by atoms with Crippen molar-refractivity contribution in [1.82, 2.24) is 14.7 Å². The Labute approximate surface area is 237 Å². The van der Waals surface area contributed by atoms with Gasteiger partial charge in [0.05, 0.1) is 29.2 Å². The molecule has 1 aromatic rings. The van der Waals surface area contributed by atoms with Crippen molar-refractivity contribution in [2.24, 2.45) is 17.8 Å². The molecule has 3 aliphatic heterocycles. The molecular weight excluding hydrogens is 510 g/mol. The predicted molar refractivity (Wildman–Crippen MR) is 156 cm³/mol. The number of unbranched alkanes of at least 4 members (excludes halogenated alkanes) is 2. The summed E-state index contributed by atoms with van der Waals surface area (Å²) in [7, 11) is 1.75. The summed E-state index contributed by atoms with van der Waals surface area (Å²) in [6, 6.07) is 7.97. The predicted octanol–water partition coefficient (Wildman–Crippen LogP) is 3.91. The third kappa shape index (κ3) is 4.95. The van der Waals surface area contributed by atoms with Gasteiger partial charge in [0.15, 0.2) is 0 Å². The molecule has 3 unspecified atom stereocenters. The van der Waals surface area contributed by atoms with Crippen LogP contribution in [0, 0.1) is 17.8 Å². The number of likely N-dealkylation sites (N-methyl/N-ethyl adjacent to an activating group) is 1. The SMILES string of the molecule is C=CCN(C)C(=O)[C@@H]1[C@@H]2CC(C)C3(S2)C(C(=O)N(CC=C)CCCCC)N([C@H](CO)c2ccccc2)C(=O)[C@H]13. The van der Waals surface area contributed by atoms with Crippen LogP contribution in [0.1, 0.15) is 51.1 Å². The van der Waals surface area contributed by atoms with Crippen LogP contribution in [0.3, 0.4) is 0 Å². The fraction of sp³-hybridized carbons (Fsp3) is 0.581. The van der Waals surface area contributed by atoms with E-state index >= 15 is 0 Å². The molecule has 0 saturated carbocycles. The Morgan fingerprint density at radius 3 is 2.49 bits per heavy atom. The van der Waals surface area contributed by atoms with Crippen LogP contribution in [0.5, 0.6) is 0 Å². The van der Waals surface area contributed by atoms with Crippen molar-refractivity contribution in [3.63, 3.8) is 0 Å². The fourth-order valence-electron chi connectivity index (χ4n) is 7.10. The van der Waals surface area contributed by atoms with E-state index < -0.39 is 28.7 Å². The summed E-state index contributed by atoms with van der Waals surface area (Å²) >= 11 is 1.67. The first kappa shape index (κ1) is 29.4. The summed E-state index contributed by atoms with van der Waals surface area (Å²) in [6.07, 6.45) is 7.11. The van der Waals surface area contributed by atoms with Gasteiger partial charge in [0.25, 0.3) is 0 Å². The molecule has 7 nitrogen and oxygen atoms in total. The number of amides is 3. The van der Waals surface area contributed by atoms with E-state index in [1.165, 1.54) is 0 Å². The summed E-state index contributed by atoms with van der Waals surface area (Å²) in [5.41, 5.74) is 0.780. The lowest BCUT2D eigenvalue weighted by Crippen LogP contribution is -2.58. The van der Waals surface area contributed by atoms with E-state index in [0.717, 1.165) is 31.2 Å². The number of benzene rings is 1. The van der Waals surface area contributed by atoms with Gasteiger partial charge in [-0.05, 0) is 24.3 Å². The molecule has 0 radical (unpaired) electrons. The number of carbonyl (C=O) groups is 3. The van der Waals surface area contributed by atoms with Gasteiger partial charge in [-0.3, -0.25) is 14.4 Å². The van der Waals surface area contributed by atoms with Gasteiger partial charge >= 0.3 is 0 Å². The minimum Gasteiger partial charge on any atom is -0.394 e. The van der Waals surface area contributed by atoms with Crippen molar-refractivity contribution in [2.75, 3.05) is 33.3 Å². The summed E-state index contributed by atoms with van der Waals surface area (Å²) in [5, 5.41) is 10.6. The van der Waals surface area contributed by atoms with Crippen molar-refractivity contribution in [3.05, 3.63) is 61.2 Å². The van der Waals surface area contributed by atoms with Crippen LogP contribution in [-0.4, -0.2) is 86.9 Å². The number of rotatable bonds is 13. The zero-order chi connectivity index (χ0) is 28.3. The molecular formula is C31H43N3O4S. The van der Waals surface area contributed by atoms with Crippen LogP contribution in [0.25, 0.3) is 0 Å². The molecule has 3 saturated heterocycles. The Kier molecular flexibility index (Phi) is 9.27. The van der Waals surface area contributed by atoms with E-state index in [9.17, 15) is 19.5 Å². The molecule has 3 fully saturated rings. The van der Waals surface area contributed by atoms with Crippen molar-refractivity contribution in [1.29, 1.82) is 0 Å². The fourth-order valence-corrected chi connectivity index (χ4v) is 9.49. The number of aliphatic hydroxyl groups is 1. The zero-order valence-corrected chi connectivity index (χ0v) is 24.3. The lowest BCUT2D eigenvalue weighted by molar-refractivity contribution is -0.147. The Balaban J connectivity index is 1.83. The number of hydrogen-bond donors (Lipinski definition) is 1. The molecule has 1 spiro atoms. The van der Waals surface area contributed by atoms with E-state index in [1.807, 2.05) is 35.2 Å². The molecule has 1 aromatic carbocycles. The highest BCUT2D eigenvalue weighted by Crippen LogP contribution is 2.69. The zero-order valence-electron chi connectivity index (χ0n) is 23.5. The minimum atomic E-state index is -0.776. The first-order valence-electron chi connectivity index (χ1n) is 14.2. The van der Waals surface area contributed by atoms with Crippen LogP contribution in [0.4, 0.5) is 0 Å². The average molecular weight is 554 g/mol. The number of thioether (sulfide) groups is 1. The molecule has 7 atom stereocenters. The van der Waals surface area contributed by atoms with Crippen molar-refractivity contribution < 1.29 is 19.5 Å². The summed E-state index contributed by atoms with van der Waals surface area (Å²) in [6.45, 7) is 13.0. The van der Waals surface area contributed by atoms with Crippen LogP contribution in [-0.2, 0) is 14.4 Å². The topological polar surface area (TPSA) is 81.2 Å². The molecule has 39 heavy (non-hydrogen) atoms. The minimum absolute atomic E-state index is 0.0246. The maximum absolute atomic E-state index is 14.6. The second-order valence-electron chi connectivity index (χ2n) is 11.2. The monoisotopic (exact) mass is 553 g/mol. The van der Waals surface area contributed by atoms with Gasteiger partial charge in [-0.15, -0.1) is 24.9 Å². The lowest BCUT2D eigenvalue weighted by atomic mass is 9.65. The van der Waals surface area contributed by atoms with Gasteiger partial charge in [0.2, 0.25) is 17.7 Å². The number of likely N-dealkylation sites (tertiary alicyclic amines) is 1. The van der Waals surface area contributed by atoms with Crippen molar-refractivity contribution in [3.8, 4) is 0 Å². The van der Waals surface area contributed by atoms with E-state index in [0.29, 0.717) is 19.6 Å². The van der Waals surface area contributed by atoms with E-state index in [1.54, 1.807) is 40.8 Å². The average Bonchev–Trinajstić information content (AvgIpc) is 3.53. The quantitative estimate of drug-likeness (QED) is 0.296. The third-order valence-corrected chi connectivity index (χ3v) is 10.9. The van der Waals surface area contributed by atoms with Crippen molar-refractivity contribution in [2.45, 2.75) is 61.6 Å². The number of fused-ring (bicyclic) bond motifs is 1. The molecule has 3 heterocycles. The standard InChI is InChI=1S/C31H43N3O4S/c1-6-9-13-18-33(17-8-3)30(38)27-31-21(4)19-24(39-31)25(28(36)32(5)16-7-2)26(31)29(37)34(27)23(20-35)22-14-11-10-12-15-22/h7-8,10-12,14-15,21,23-27,35H,2-3,6,9,13,16-20H2,1,4-5H3/t21?,23-,24+,25-,26+,27?,31?/m1/s1. The normalized spacial score (nSPS) is 29.7. The number of carbonyl (C=O) groups excluding carboxylic acids is 3. The second kappa shape index (κ2) is 12.3. The maximum Gasteiger partial charge on any atom is 0.247 e. The van der Waals surface area contributed by atoms with Gasteiger partial charge in [-0.1, -0.05) is 69.2 Å². The molecule has 2 bridgehead atoms. The van der Waals surface area contributed by atoms with E-state index in [2.05, 4.69) is 27.0 Å². The van der Waals surface area contributed by atoms with Gasteiger partial charge < -0.3 is 19.8 Å². The first-order chi connectivity index (χ1) is 18.8. The van der Waals surface area contributed by atoms with Crippen LogP contribution >= 0.6 is 11.8 Å². The molecule has 4 rings (SSSR count). The lowest BCUT2D eigenvalue weighted by Gasteiger charge is -2.42. The Bertz CT molecular complexity index is 1080. The highest BCUT2D eigenvalue weighted by molar-refractivity contribution is 8.02. The van der Waals surface area contributed by atoms with Gasteiger partial charge in [0, 0.05) is 31.9 Å². The van der Waals surface area contributed by atoms with Crippen LogP contribution in [0.2, 0.25) is 0 Å². The highest BCUT2D eigenvalue weighted by Gasteiger charge is 2.77. The highest BCUT2D eigenvalue weighted by atomic mass is 32.2. The Morgan fingerprint density at radius 2 is 1.87 bits per heavy atom. The molecule has 1 N–H and O–H groups in total. The van der Waals surface area contributed by atoms with Crippen LogP contribution in [0.15, 0.2) is 55.6 Å². The molecule has 212 valence electrons. The van der Waals surface area contributed by atoms with Crippen LogP contribution < -0.4 is 0 Å². The largest absolute Gasteiger partial charge is 0.394 e. The third-order valence-electron chi connectivity index (χ3n) is 8.87. The summed E-state index contributed by atoms with van der Waals surface area (Å²) < 4.78 is -0.736. The van der Waals surface area contributed by atoms with E-state index in [-0.39, 0.29) is 35.5 Å². The Morgan fingerprint density at radius 1 is 1.18 bits per heavy atom. The van der Waals surface area contributed by atoms with E-state index in [4.69, 9.17) is 0 Å².